The zero-order valence-electron chi connectivity index (χ0n) is 6.41. The lowest BCUT2D eigenvalue weighted by atomic mass is 10.3. The molecule has 1 atom stereocenters. The summed E-state index contributed by atoms with van der Waals surface area (Å²) in [6.45, 7) is 1.88. The first-order chi connectivity index (χ1) is 5.33. The molecule has 0 radical (unpaired) electrons. The summed E-state index contributed by atoms with van der Waals surface area (Å²) in [5.74, 6) is 0.634. The molecule has 0 bridgehead atoms. The highest BCUT2D eigenvalue weighted by Gasteiger charge is 1.93. The van der Waals surface area contributed by atoms with Crippen molar-refractivity contribution >= 4 is 16.7 Å². The molecule has 0 saturated heterocycles. The van der Waals surface area contributed by atoms with E-state index in [4.69, 9.17) is 0 Å². The van der Waals surface area contributed by atoms with Crippen molar-refractivity contribution in [3.05, 3.63) is 30.3 Å². The van der Waals surface area contributed by atoms with Crippen LogP contribution in [0.15, 0.2) is 30.3 Å². The SMILES string of the molecule is CCS(=O)Nc1ccccc1. The number of rotatable bonds is 3. The highest BCUT2D eigenvalue weighted by Crippen LogP contribution is 2.05. The van der Waals surface area contributed by atoms with E-state index in [1.54, 1.807) is 0 Å². The van der Waals surface area contributed by atoms with Crippen LogP contribution in [0.2, 0.25) is 0 Å². The molecular formula is C8H11NOS. The first-order valence-corrected chi connectivity index (χ1v) is 4.85. The fourth-order valence-electron chi connectivity index (χ4n) is 0.710. The first kappa shape index (κ1) is 8.27. The molecule has 0 fully saturated rings. The third kappa shape index (κ3) is 2.72. The maximum Gasteiger partial charge on any atom is 0.116 e. The van der Waals surface area contributed by atoms with Crippen molar-refractivity contribution in [3.63, 3.8) is 0 Å². The van der Waals surface area contributed by atoms with E-state index in [0.717, 1.165) is 5.69 Å². The van der Waals surface area contributed by atoms with Crippen molar-refractivity contribution in [1.82, 2.24) is 0 Å². The van der Waals surface area contributed by atoms with Crippen LogP contribution in [-0.4, -0.2) is 9.96 Å². The monoisotopic (exact) mass is 169 g/mol. The van der Waals surface area contributed by atoms with Gasteiger partial charge in [0.1, 0.15) is 11.0 Å². The van der Waals surface area contributed by atoms with E-state index in [9.17, 15) is 4.21 Å². The fourth-order valence-corrected chi connectivity index (χ4v) is 1.25. The Labute approximate surface area is 69.2 Å². The molecule has 2 nitrogen and oxygen atoms in total. The summed E-state index contributed by atoms with van der Waals surface area (Å²) in [6.07, 6.45) is 0. The number of benzene rings is 1. The molecule has 0 aliphatic rings. The Bertz CT molecular complexity index is 235. The van der Waals surface area contributed by atoms with Crippen LogP contribution in [0.25, 0.3) is 0 Å². The molecule has 0 aliphatic carbocycles. The molecule has 0 saturated carbocycles. The van der Waals surface area contributed by atoms with Crippen LogP contribution in [0.5, 0.6) is 0 Å². The van der Waals surface area contributed by atoms with E-state index < -0.39 is 11.0 Å². The summed E-state index contributed by atoms with van der Waals surface area (Å²) >= 11 is 0. The Hall–Kier alpha value is -0.830. The second-order valence-electron chi connectivity index (χ2n) is 2.10. The third-order valence-electron chi connectivity index (χ3n) is 1.27. The number of nitrogens with one attached hydrogen (secondary N) is 1. The molecule has 0 amide bonds. The summed E-state index contributed by atoms with van der Waals surface area (Å²) < 4.78 is 13.8. The average molecular weight is 169 g/mol. The summed E-state index contributed by atoms with van der Waals surface area (Å²) in [4.78, 5) is 0. The minimum absolute atomic E-state index is 0.634. The smallest absolute Gasteiger partial charge is 0.116 e. The van der Waals surface area contributed by atoms with Crippen LogP contribution in [0, 0.1) is 0 Å². The maximum atomic E-state index is 11.0. The quantitative estimate of drug-likeness (QED) is 0.734. The number of para-hydroxylation sites is 1. The van der Waals surface area contributed by atoms with Gasteiger partial charge in [-0.25, -0.2) is 4.21 Å². The van der Waals surface area contributed by atoms with Crippen molar-refractivity contribution in [2.45, 2.75) is 6.92 Å². The van der Waals surface area contributed by atoms with Gasteiger partial charge in [-0.05, 0) is 12.1 Å². The Morgan fingerprint density at radius 3 is 2.55 bits per heavy atom. The van der Waals surface area contributed by atoms with Gasteiger partial charge >= 0.3 is 0 Å². The molecule has 1 aromatic rings. The molecule has 0 heterocycles. The molecule has 1 rings (SSSR count). The molecular weight excluding hydrogens is 158 g/mol. The Kier molecular flexibility index (Phi) is 3.11. The van der Waals surface area contributed by atoms with Gasteiger partial charge in [0.15, 0.2) is 0 Å². The predicted molar refractivity (Wildman–Crippen MR) is 48.7 cm³/mol. The molecule has 0 aromatic heterocycles. The van der Waals surface area contributed by atoms with E-state index in [1.165, 1.54) is 0 Å². The van der Waals surface area contributed by atoms with Gasteiger partial charge in [0.25, 0.3) is 0 Å². The van der Waals surface area contributed by atoms with Crippen molar-refractivity contribution in [2.75, 3.05) is 10.5 Å². The summed E-state index contributed by atoms with van der Waals surface area (Å²) in [5, 5.41) is 0. The average Bonchev–Trinajstić information content (AvgIpc) is 2.06. The van der Waals surface area contributed by atoms with Gasteiger partial charge in [0.2, 0.25) is 0 Å². The zero-order chi connectivity index (χ0) is 8.10. The summed E-state index contributed by atoms with van der Waals surface area (Å²) in [5.41, 5.74) is 0.910. The second-order valence-corrected chi connectivity index (χ2v) is 3.57. The standard InChI is InChI=1S/C8H11NOS/c1-2-11(10)9-8-6-4-3-5-7-8/h3-7,9H,2H2,1H3. The van der Waals surface area contributed by atoms with Gasteiger partial charge in [-0.1, -0.05) is 25.1 Å². The van der Waals surface area contributed by atoms with Crippen molar-refractivity contribution in [3.8, 4) is 0 Å². The molecule has 1 unspecified atom stereocenters. The minimum atomic E-state index is -0.928. The Morgan fingerprint density at radius 2 is 2.00 bits per heavy atom. The largest absolute Gasteiger partial charge is 0.305 e. The van der Waals surface area contributed by atoms with Gasteiger partial charge in [-0.15, -0.1) is 0 Å². The van der Waals surface area contributed by atoms with Crippen molar-refractivity contribution in [1.29, 1.82) is 0 Å². The van der Waals surface area contributed by atoms with Crippen LogP contribution < -0.4 is 4.72 Å². The van der Waals surface area contributed by atoms with E-state index in [1.807, 2.05) is 37.3 Å². The van der Waals surface area contributed by atoms with Crippen LogP contribution in [-0.2, 0) is 11.0 Å². The van der Waals surface area contributed by atoms with E-state index in [2.05, 4.69) is 4.72 Å². The number of anilines is 1. The zero-order valence-corrected chi connectivity index (χ0v) is 7.23. The Balaban J connectivity index is 2.58. The van der Waals surface area contributed by atoms with Crippen LogP contribution >= 0.6 is 0 Å². The van der Waals surface area contributed by atoms with Crippen LogP contribution in [0.4, 0.5) is 5.69 Å². The molecule has 60 valence electrons. The van der Waals surface area contributed by atoms with Gasteiger partial charge < -0.3 is 4.72 Å². The maximum absolute atomic E-state index is 11.0. The van der Waals surface area contributed by atoms with Crippen molar-refractivity contribution < 1.29 is 4.21 Å². The number of hydrogen-bond acceptors (Lipinski definition) is 1. The molecule has 3 heteroatoms. The first-order valence-electron chi connectivity index (χ1n) is 3.53. The lowest BCUT2D eigenvalue weighted by Gasteiger charge is -2.01. The van der Waals surface area contributed by atoms with Gasteiger partial charge in [0.05, 0.1) is 0 Å². The molecule has 0 aliphatic heterocycles. The van der Waals surface area contributed by atoms with Gasteiger partial charge in [0, 0.05) is 11.4 Å². The van der Waals surface area contributed by atoms with Gasteiger partial charge in [-0.2, -0.15) is 0 Å². The molecule has 0 spiro atoms. The van der Waals surface area contributed by atoms with Crippen LogP contribution in [0.1, 0.15) is 6.92 Å². The highest BCUT2D eigenvalue weighted by molar-refractivity contribution is 7.86. The predicted octanol–water partition coefficient (Wildman–Crippen LogP) is 1.78. The van der Waals surface area contributed by atoms with E-state index >= 15 is 0 Å². The summed E-state index contributed by atoms with van der Waals surface area (Å²) in [6, 6.07) is 9.55. The molecule has 1 aromatic carbocycles. The van der Waals surface area contributed by atoms with E-state index in [0.29, 0.717) is 5.75 Å². The number of hydrogen-bond donors (Lipinski definition) is 1. The summed E-state index contributed by atoms with van der Waals surface area (Å²) in [7, 11) is -0.928. The second kappa shape index (κ2) is 4.13. The highest BCUT2D eigenvalue weighted by atomic mass is 32.2. The lowest BCUT2D eigenvalue weighted by molar-refractivity contribution is 0.687. The van der Waals surface area contributed by atoms with Crippen molar-refractivity contribution in [2.24, 2.45) is 0 Å². The van der Waals surface area contributed by atoms with E-state index in [-0.39, 0.29) is 0 Å². The normalized spacial score (nSPS) is 12.5. The Morgan fingerprint density at radius 1 is 1.36 bits per heavy atom. The van der Waals surface area contributed by atoms with Crippen LogP contribution in [0.3, 0.4) is 0 Å². The molecule has 11 heavy (non-hydrogen) atoms. The minimum Gasteiger partial charge on any atom is -0.305 e. The lowest BCUT2D eigenvalue weighted by Crippen LogP contribution is -2.05. The molecule has 1 N–H and O–H groups in total. The third-order valence-corrected chi connectivity index (χ3v) is 2.26. The fraction of sp³-hybridized carbons (Fsp3) is 0.250. The van der Waals surface area contributed by atoms with Gasteiger partial charge in [-0.3, -0.25) is 0 Å². The topological polar surface area (TPSA) is 29.1 Å².